The molecule has 140 valence electrons. The lowest BCUT2D eigenvalue weighted by Gasteiger charge is -2.11. The van der Waals surface area contributed by atoms with Crippen LogP contribution in [0.3, 0.4) is 0 Å². The summed E-state index contributed by atoms with van der Waals surface area (Å²) in [6, 6.07) is 6.12. The van der Waals surface area contributed by atoms with E-state index in [2.05, 4.69) is 20.6 Å². The summed E-state index contributed by atoms with van der Waals surface area (Å²) in [4.78, 5) is 22.1. The maximum absolute atomic E-state index is 12.8. The number of amides is 1. The van der Waals surface area contributed by atoms with Crippen LogP contribution in [0.2, 0.25) is 0 Å². The maximum atomic E-state index is 12.8. The number of alkyl halides is 3. The van der Waals surface area contributed by atoms with Gasteiger partial charge in [0, 0.05) is 18.4 Å². The lowest BCUT2D eigenvalue weighted by Crippen LogP contribution is -2.28. The van der Waals surface area contributed by atoms with Gasteiger partial charge in [-0.25, -0.2) is 9.97 Å². The van der Waals surface area contributed by atoms with Crippen molar-refractivity contribution in [2.24, 2.45) is 0 Å². The second-order valence-corrected chi connectivity index (χ2v) is 5.88. The van der Waals surface area contributed by atoms with Crippen LogP contribution in [0, 0.1) is 0 Å². The predicted octanol–water partition coefficient (Wildman–Crippen LogP) is 2.92. The number of nitrogens with one attached hydrogen (secondary N) is 2. The van der Waals surface area contributed by atoms with Gasteiger partial charge in [0.15, 0.2) is 0 Å². The molecule has 2 N–H and O–H groups in total. The minimum absolute atomic E-state index is 0.0465. The van der Waals surface area contributed by atoms with Crippen molar-refractivity contribution in [1.82, 2.24) is 20.2 Å². The number of carbonyl (C=O) groups is 1. The van der Waals surface area contributed by atoms with Crippen molar-refractivity contribution >= 4 is 17.5 Å². The second kappa shape index (κ2) is 8.61. The van der Waals surface area contributed by atoms with Crippen molar-refractivity contribution in [3.8, 4) is 0 Å². The summed E-state index contributed by atoms with van der Waals surface area (Å²) < 4.78 is 38.3. The van der Waals surface area contributed by atoms with Gasteiger partial charge in [0.2, 0.25) is 5.95 Å². The van der Waals surface area contributed by atoms with E-state index in [-0.39, 0.29) is 23.2 Å². The molecule has 0 spiro atoms. The van der Waals surface area contributed by atoms with E-state index in [0.717, 1.165) is 25.1 Å². The molecule has 2 aromatic rings. The van der Waals surface area contributed by atoms with Gasteiger partial charge in [-0.2, -0.15) is 13.2 Å². The maximum Gasteiger partial charge on any atom is 0.416 e. The van der Waals surface area contributed by atoms with Crippen molar-refractivity contribution in [3.05, 3.63) is 47.8 Å². The Hall–Kier alpha value is -2.68. The van der Waals surface area contributed by atoms with Gasteiger partial charge < -0.3 is 15.5 Å². The largest absolute Gasteiger partial charge is 0.416 e. The number of rotatable bonds is 7. The van der Waals surface area contributed by atoms with Gasteiger partial charge in [-0.3, -0.25) is 4.79 Å². The van der Waals surface area contributed by atoms with Crippen LogP contribution in [0.25, 0.3) is 0 Å². The molecule has 0 unspecified atom stereocenters. The summed E-state index contributed by atoms with van der Waals surface area (Å²) in [6.07, 6.45) is -2.27. The van der Waals surface area contributed by atoms with E-state index in [1.165, 1.54) is 24.4 Å². The summed E-state index contributed by atoms with van der Waals surface area (Å²) in [5.41, 5.74) is -0.458. The highest BCUT2D eigenvalue weighted by Crippen LogP contribution is 2.31. The highest BCUT2D eigenvalue weighted by Gasteiger charge is 2.30. The molecule has 0 saturated heterocycles. The highest BCUT2D eigenvalue weighted by molar-refractivity contribution is 5.92. The normalized spacial score (nSPS) is 11.5. The first-order valence-corrected chi connectivity index (χ1v) is 7.96. The number of hydrogen-bond acceptors (Lipinski definition) is 5. The van der Waals surface area contributed by atoms with Crippen LogP contribution in [0.4, 0.5) is 24.8 Å². The molecule has 1 amide bonds. The monoisotopic (exact) mass is 367 g/mol. The van der Waals surface area contributed by atoms with Gasteiger partial charge >= 0.3 is 6.18 Å². The zero-order chi connectivity index (χ0) is 19.2. The standard InChI is InChI=1S/C17H20F3N5O/c1-25(2)10-4-8-21-15(26)14-7-9-22-16(24-14)23-13-6-3-5-12(11-13)17(18,19)20/h3,5-7,9,11H,4,8,10H2,1-2H3,(H,21,26)(H,22,23,24). The van der Waals surface area contributed by atoms with Gasteiger partial charge in [-0.05, 0) is 51.3 Å². The Morgan fingerprint density at radius 1 is 1.23 bits per heavy atom. The minimum atomic E-state index is -4.44. The number of hydrogen-bond donors (Lipinski definition) is 2. The number of benzene rings is 1. The fraction of sp³-hybridized carbons (Fsp3) is 0.353. The Morgan fingerprint density at radius 3 is 2.69 bits per heavy atom. The van der Waals surface area contributed by atoms with Gasteiger partial charge in [0.1, 0.15) is 5.69 Å². The molecule has 0 aliphatic heterocycles. The molecule has 0 radical (unpaired) electrons. The Bertz CT molecular complexity index is 749. The first-order chi connectivity index (χ1) is 12.3. The van der Waals surface area contributed by atoms with Gasteiger partial charge in [0.25, 0.3) is 5.91 Å². The van der Waals surface area contributed by atoms with Crippen LogP contribution < -0.4 is 10.6 Å². The smallest absolute Gasteiger partial charge is 0.351 e. The Balaban J connectivity index is 2.02. The molecule has 0 aliphatic rings. The molecule has 0 bridgehead atoms. The average Bonchev–Trinajstić information content (AvgIpc) is 2.58. The van der Waals surface area contributed by atoms with Gasteiger partial charge in [0.05, 0.1) is 5.56 Å². The molecule has 1 heterocycles. The molecule has 0 atom stereocenters. The van der Waals surface area contributed by atoms with Crippen LogP contribution >= 0.6 is 0 Å². The van der Waals surface area contributed by atoms with Crippen molar-refractivity contribution in [2.75, 3.05) is 32.5 Å². The van der Waals surface area contributed by atoms with E-state index in [1.807, 2.05) is 19.0 Å². The van der Waals surface area contributed by atoms with E-state index in [9.17, 15) is 18.0 Å². The average molecular weight is 367 g/mol. The molecular formula is C17H20F3N5O. The summed E-state index contributed by atoms with van der Waals surface area (Å²) in [7, 11) is 3.88. The molecule has 26 heavy (non-hydrogen) atoms. The quantitative estimate of drug-likeness (QED) is 0.737. The molecule has 0 aliphatic carbocycles. The Morgan fingerprint density at radius 2 is 2.00 bits per heavy atom. The Labute approximate surface area is 149 Å². The fourth-order valence-corrected chi connectivity index (χ4v) is 2.14. The zero-order valence-corrected chi connectivity index (χ0v) is 14.5. The van der Waals surface area contributed by atoms with E-state index in [4.69, 9.17) is 0 Å². The second-order valence-electron chi connectivity index (χ2n) is 5.88. The lowest BCUT2D eigenvalue weighted by atomic mass is 10.2. The van der Waals surface area contributed by atoms with Crippen molar-refractivity contribution in [2.45, 2.75) is 12.6 Å². The van der Waals surface area contributed by atoms with E-state index in [1.54, 1.807) is 0 Å². The summed E-state index contributed by atoms with van der Waals surface area (Å²) in [5, 5.41) is 5.43. The number of anilines is 2. The molecule has 2 rings (SSSR count). The third kappa shape index (κ3) is 5.99. The third-order valence-electron chi connectivity index (χ3n) is 3.40. The molecule has 0 fully saturated rings. The van der Waals surface area contributed by atoms with Crippen LogP contribution in [0.1, 0.15) is 22.5 Å². The SMILES string of the molecule is CN(C)CCCNC(=O)c1ccnc(Nc2cccc(C(F)(F)F)c2)n1. The molecule has 0 saturated carbocycles. The van der Waals surface area contributed by atoms with Gasteiger partial charge in [-0.1, -0.05) is 6.07 Å². The summed E-state index contributed by atoms with van der Waals surface area (Å²) >= 11 is 0. The third-order valence-corrected chi connectivity index (χ3v) is 3.40. The molecule has 6 nitrogen and oxygen atoms in total. The fourth-order valence-electron chi connectivity index (χ4n) is 2.14. The van der Waals surface area contributed by atoms with Crippen molar-refractivity contribution in [3.63, 3.8) is 0 Å². The summed E-state index contributed by atoms with van der Waals surface area (Å²) in [6.45, 7) is 1.34. The molecule has 9 heteroatoms. The van der Waals surface area contributed by atoms with Gasteiger partial charge in [-0.15, -0.1) is 0 Å². The van der Waals surface area contributed by atoms with Crippen molar-refractivity contribution in [1.29, 1.82) is 0 Å². The number of nitrogens with zero attached hydrogens (tertiary/aromatic N) is 3. The zero-order valence-electron chi connectivity index (χ0n) is 14.5. The predicted molar refractivity (Wildman–Crippen MR) is 92.3 cm³/mol. The highest BCUT2D eigenvalue weighted by atomic mass is 19.4. The van der Waals surface area contributed by atoms with Crippen LogP contribution in [0.5, 0.6) is 0 Å². The van der Waals surface area contributed by atoms with E-state index >= 15 is 0 Å². The van der Waals surface area contributed by atoms with E-state index in [0.29, 0.717) is 6.54 Å². The summed E-state index contributed by atoms with van der Waals surface area (Å²) in [5.74, 6) is -0.316. The van der Waals surface area contributed by atoms with Crippen LogP contribution in [0.15, 0.2) is 36.5 Å². The molecule has 1 aromatic heterocycles. The molecule has 1 aromatic carbocycles. The topological polar surface area (TPSA) is 70.2 Å². The van der Waals surface area contributed by atoms with E-state index < -0.39 is 11.7 Å². The first kappa shape index (κ1) is 19.6. The lowest BCUT2D eigenvalue weighted by molar-refractivity contribution is -0.137. The minimum Gasteiger partial charge on any atom is -0.351 e. The number of aromatic nitrogens is 2. The van der Waals surface area contributed by atoms with Crippen molar-refractivity contribution < 1.29 is 18.0 Å². The molecular weight excluding hydrogens is 347 g/mol. The number of halogens is 3. The van der Waals surface area contributed by atoms with Crippen LogP contribution in [-0.4, -0.2) is 48.0 Å². The van der Waals surface area contributed by atoms with Crippen LogP contribution in [-0.2, 0) is 6.18 Å². The number of carbonyl (C=O) groups excluding carboxylic acids is 1. The Kier molecular flexibility index (Phi) is 6.51. The first-order valence-electron chi connectivity index (χ1n) is 7.96.